The summed E-state index contributed by atoms with van der Waals surface area (Å²) in [5, 5.41) is 1.11. The number of hydrogen-bond acceptors (Lipinski definition) is 2. The number of hydrogen-bond donors (Lipinski definition) is 1. The zero-order chi connectivity index (χ0) is 12.6. The molecule has 0 saturated carbocycles. The molecule has 0 atom stereocenters. The molecular weight excluding hydrogens is 212 g/mol. The zero-order valence-electron chi connectivity index (χ0n) is 10.5. The van der Waals surface area contributed by atoms with Gasteiger partial charge in [0.15, 0.2) is 5.78 Å². The van der Waals surface area contributed by atoms with Crippen molar-refractivity contribution in [3.8, 4) is 0 Å². The predicted molar refractivity (Wildman–Crippen MR) is 70.4 cm³/mol. The van der Waals surface area contributed by atoms with Crippen molar-refractivity contribution in [2.75, 3.05) is 6.54 Å². The van der Waals surface area contributed by atoms with Crippen molar-refractivity contribution in [1.82, 2.24) is 4.57 Å². The van der Waals surface area contributed by atoms with Gasteiger partial charge >= 0.3 is 0 Å². The number of carbonyl (C=O) groups excluding carboxylic acids is 1. The summed E-state index contributed by atoms with van der Waals surface area (Å²) in [4.78, 5) is 11.9. The van der Waals surface area contributed by atoms with Gasteiger partial charge < -0.3 is 10.3 Å². The lowest BCUT2D eigenvalue weighted by atomic mass is 10.1. The van der Waals surface area contributed by atoms with E-state index in [1.165, 1.54) is 5.56 Å². The minimum Gasteiger partial charge on any atom is -0.335 e. The van der Waals surface area contributed by atoms with Crippen LogP contribution in [0.4, 0.5) is 0 Å². The molecule has 17 heavy (non-hydrogen) atoms. The van der Waals surface area contributed by atoms with E-state index in [0.717, 1.165) is 10.9 Å². The minimum absolute atomic E-state index is 0.00528. The Morgan fingerprint density at radius 2 is 2.12 bits per heavy atom. The molecule has 2 aromatic rings. The van der Waals surface area contributed by atoms with Gasteiger partial charge in [-0.3, -0.25) is 4.79 Å². The highest BCUT2D eigenvalue weighted by atomic mass is 16.1. The first kappa shape index (κ1) is 11.9. The Hall–Kier alpha value is -1.61. The second kappa shape index (κ2) is 4.34. The van der Waals surface area contributed by atoms with Gasteiger partial charge in [0.1, 0.15) is 0 Å². The van der Waals surface area contributed by atoms with Gasteiger partial charge in [0, 0.05) is 11.4 Å². The van der Waals surface area contributed by atoms with Crippen molar-refractivity contribution in [3.05, 3.63) is 35.5 Å². The molecule has 0 aliphatic carbocycles. The molecule has 1 heterocycles. The summed E-state index contributed by atoms with van der Waals surface area (Å²) in [6.07, 6.45) is 0. The molecule has 1 aromatic heterocycles. The molecule has 1 aromatic carbocycles. The molecule has 0 fully saturated rings. The summed E-state index contributed by atoms with van der Waals surface area (Å²) in [7, 11) is 0. The molecule has 0 unspecified atom stereocenters. The summed E-state index contributed by atoms with van der Waals surface area (Å²) in [6, 6.07) is 8.31. The third-order valence-corrected chi connectivity index (χ3v) is 3.05. The largest absolute Gasteiger partial charge is 0.335 e. The van der Waals surface area contributed by atoms with Gasteiger partial charge in [-0.05, 0) is 32.4 Å². The number of Topliss-reactive ketones (excluding diaryl/α,β-unsaturated/α-hetero) is 1. The van der Waals surface area contributed by atoms with Crippen molar-refractivity contribution in [2.45, 2.75) is 26.8 Å². The maximum atomic E-state index is 11.9. The van der Waals surface area contributed by atoms with Crippen LogP contribution in [0.25, 0.3) is 10.9 Å². The van der Waals surface area contributed by atoms with Crippen LogP contribution < -0.4 is 5.73 Å². The van der Waals surface area contributed by atoms with Gasteiger partial charge in [-0.25, -0.2) is 0 Å². The molecule has 0 amide bonds. The number of benzene rings is 1. The lowest BCUT2D eigenvalue weighted by Gasteiger charge is -2.14. The predicted octanol–water partition coefficient (Wildman–Crippen LogP) is 2.67. The number of ketones is 1. The smallest absolute Gasteiger partial charge is 0.192 e. The van der Waals surface area contributed by atoms with Crippen molar-refractivity contribution < 1.29 is 4.79 Å². The Labute approximate surface area is 101 Å². The standard InChI is InChI=1S/C14H18N2O/c1-9(2)16-12(13(17)8-15)7-11-6-4-5-10(3)14(11)16/h4-7,9H,8,15H2,1-3H3. The number of carbonyl (C=O) groups is 1. The van der Waals surface area contributed by atoms with Gasteiger partial charge in [-0.1, -0.05) is 18.2 Å². The molecule has 0 bridgehead atoms. The highest BCUT2D eigenvalue weighted by Crippen LogP contribution is 2.26. The van der Waals surface area contributed by atoms with Crippen molar-refractivity contribution >= 4 is 16.7 Å². The number of aromatic nitrogens is 1. The quantitative estimate of drug-likeness (QED) is 0.824. The lowest BCUT2D eigenvalue weighted by Crippen LogP contribution is -2.18. The molecule has 90 valence electrons. The van der Waals surface area contributed by atoms with Crippen LogP contribution in [0, 0.1) is 6.92 Å². The summed E-state index contributed by atoms with van der Waals surface area (Å²) in [5.74, 6) is -0.00528. The second-order valence-corrected chi connectivity index (χ2v) is 4.63. The van der Waals surface area contributed by atoms with E-state index in [0.29, 0.717) is 5.69 Å². The van der Waals surface area contributed by atoms with Crippen LogP contribution in [-0.2, 0) is 0 Å². The fraction of sp³-hybridized carbons (Fsp3) is 0.357. The van der Waals surface area contributed by atoms with E-state index in [9.17, 15) is 4.79 Å². The van der Waals surface area contributed by atoms with Gasteiger partial charge in [-0.2, -0.15) is 0 Å². The Balaban J connectivity index is 2.81. The Bertz CT molecular complexity index is 567. The Kier molecular flexibility index (Phi) is 3.03. The van der Waals surface area contributed by atoms with Gasteiger partial charge in [0.25, 0.3) is 0 Å². The molecule has 2 rings (SSSR count). The molecule has 3 heteroatoms. The van der Waals surface area contributed by atoms with E-state index < -0.39 is 0 Å². The van der Waals surface area contributed by atoms with Crippen LogP contribution in [0.15, 0.2) is 24.3 Å². The van der Waals surface area contributed by atoms with Crippen LogP contribution >= 0.6 is 0 Å². The maximum absolute atomic E-state index is 11.9. The van der Waals surface area contributed by atoms with E-state index in [-0.39, 0.29) is 18.4 Å². The fourth-order valence-electron chi connectivity index (χ4n) is 2.32. The Morgan fingerprint density at radius 1 is 1.41 bits per heavy atom. The molecule has 3 nitrogen and oxygen atoms in total. The van der Waals surface area contributed by atoms with Crippen molar-refractivity contribution in [3.63, 3.8) is 0 Å². The molecule has 0 spiro atoms. The topological polar surface area (TPSA) is 48.0 Å². The second-order valence-electron chi connectivity index (χ2n) is 4.63. The molecule has 0 aliphatic heterocycles. The number of rotatable bonds is 3. The summed E-state index contributed by atoms with van der Waals surface area (Å²) in [6.45, 7) is 6.29. The monoisotopic (exact) mass is 230 g/mol. The highest BCUT2D eigenvalue weighted by molar-refractivity contribution is 6.01. The highest BCUT2D eigenvalue weighted by Gasteiger charge is 2.17. The first-order valence-corrected chi connectivity index (χ1v) is 5.90. The average Bonchev–Trinajstić information content (AvgIpc) is 2.68. The number of nitrogens with two attached hydrogens (primary N) is 1. The Morgan fingerprint density at radius 3 is 2.71 bits per heavy atom. The number of fused-ring (bicyclic) bond motifs is 1. The van der Waals surface area contributed by atoms with Crippen molar-refractivity contribution in [2.24, 2.45) is 5.73 Å². The van der Waals surface area contributed by atoms with E-state index in [2.05, 4.69) is 31.4 Å². The molecule has 0 radical (unpaired) electrons. The number of aryl methyl sites for hydroxylation is 1. The first-order valence-electron chi connectivity index (χ1n) is 5.90. The number of nitrogens with zero attached hydrogens (tertiary/aromatic N) is 1. The van der Waals surface area contributed by atoms with Crippen molar-refractivity contribution in [1.29, 1.82) is 0 Å². The SMILES string of the molecule is Cc1cccc2cc(C(=O)CN)n(C(C)C)c12. The third-order valence-electron chi connectivity index (χ3n) is 3.05. The van der Waals surface area contributed by atoms with E-state index in [1.807, 2.05) is 18.2 Å². The molecule has 0 aliphatic rings. The zero-order valence-corrected chi connectivity index (χ0v) is 10.5. The summed E-state index contributed by atoms with van der Waals surface area (Å²) < 4.78 is 2.08. The normalized spacial score (nSPS) is 11.4. The fourth-order valence-corrected chi connectivity index (χ4v) is 2.32. The van der Waals surface area contributed by atoms with Crippen LogP contribution in [-0.4, -0.2) is 16.9 Å². The maximum Gasteiger partial charge on any atom is 0.192 e. The van der Waals surface area contributed by atoms with Crippen LogP contribution in [0.3, 0.4) is 0 Å². The summed E-state index contributed by atoms with van der Waals surface area (Å²) in [5.41, 5.74) is 8.51. The lowest BCUT2D eigenvalue weighted by molar-refractivity contribution is 0.0991. The van der Waals surface area contributed by atoms with Crippen LogP contribution in [0.2, 0.25) is 0 Å². The molecule has 2 N–H and O–H groups in total. The van der Waals surface area contributed by atoms with Gasteiger partial charge in [-0.15, -0.1) is 0 Å². The van der Waals surface area contributed by atoms with E-state index in [1.54, 1.807) is 0 Å². The van der Waals surface area contributed by atoms with Crippen LogP contribution in [0.1, 0.15) is 35.9 Å². The number of para-hydroxylation sites is 1. The van der Waals surface area contributed by atoms with Crippen LogP contribution in [0.5, 0.6) is 0 Å². The average molecular weight is 230 g/mol. The van der Waals surface area contributed by atoms with Gasteiger partial charge in [0.05, 0.1) is 17.8 Å². The minimum atomic E-state index is -0.00528. The third kappa shape index (κ3) is 1.87. The van der Waals surface area contributed by atoms with Gasteiger partial charge in [0.2, 0.25) is 0 Å². The summed E-state index contributed by atoms with van der Waals surface area (Å²) >= 11 is 0. The van der Waals surface area contributed by atoms with E-state index in [4.69, 9.17) is 5.73 Å². The molecular formula is C14H18N2O. The first-order chi connectivity index (χ1) is 8.06. The van der Waals surface area contributed by atoms with E-state index >= 15 is 0 Å². The molecule has 0 saturated heterocycles.